The van der Waals surface area contributed by atoms with E-state index in [1.165, 1.54) is 7.11 Å². The molecule has 0 saturated heterocycles. The van der Waals surface area contributed by atoms with E-state index < -0.39 is 6.04 Å². The smallest absolute Gasteiger partial charge is 0.330 e. The van der Waals surface area contributed by atoms with Crippen molar-refractivity contribution in [3.63, 3.8) is 0 Å². The molecule has 1 aromatic rings. The minimum absolute atomic E-state index is 0.0504. The largest absolute Gasteiger partial charge is 0.508 e. The monoisotopic (exact) mass is 313 g/mol. The summed E-state index contributed by atoms with van der Waals surface area (Å²) >= 11 is 3.28. The van der Waals surface area contributed by atoms with Gasteiger partial charge in [0.05, 0.1) is 7.11 Å². The fourth-order valence-electron chi connectivity index (χ4n) is 1.46. The zero-order chi connectivity index (χ0) is 13.7. The summed E-state index contributed by atoms with van der Waals surface area (Å²) in [5.74, 6) is -0.167. The van der Waals surface area contributed by atoms with Crippen LogP contribution in [-0.4, -0.2) is 30.4 Å². The molecule has 1 aromatic carbocycles. The van der Waals surface area contributed by atoms with E-state index in [2.05, 4.69) is 20.9 Å². The molecule has 18 heavy (non-hydrogen) atoms. The number of methoxy groups -OCH3 is 1. The minimum Gasteiger partial charge on any atom is -0.508 e. The number of hydrogen-bond donors (Lipinski definition) is 1. The number of carbonyl (C=O) groups excluding carboxylic acids is 1. The predicted octanol–water partition coefficient (Wildman–Crippen LogP) is 2.77. The lowest BCUT2D eigenvalue weighted by Gasteiger charge is -2.13. The second-order valence-electron chi connectivity index (χ2n) is 4.23. The van der Waals surface area contributed by atoms with Gasteiger partial charge in [-0.1, -0.05) is 29.8 Å². The highest BCUT2D eigenvalue weighted by molar-refractivity contribution is 9.10. The molecule has 4 nitrogen and oxygen atoms in total. The second-order valence-corrected chi connectivity index (χ2v) is 5.15. The molecule has 0 fully saturated rings. The minimum atomic E-state index is -0.531. The first-order valence-corrected chi connectivity index (χ1v) is 6.34. The number of phenolic OH excluding ortho intramolecular Hbond substituents is 1. The topological polar surface area (TPSA) is 58.9 Å². The molecule has 0 aliphatic carbocycles. The molecule has 0 spiro atoms. The number of phenols is 1. The predicted molar refractivity (Wildman–Crippen MR) is 74.0 cm³/mol. The third-order valence-electron chi connectivity index (χ3n) is 2.36. The number of hydrogen-bond acceptors (Lipinski definition) is 4. The van der Waals surface area contributed by atoms with Crippen LogP contribution in [0.5, 0.6) is 5.75 Å². The molecule has 1 atom stereocenters. The van der Waals surface area contributed by atoms with E-state index >= 15 is 0 Å². The van der Waals surface area contributed by atoms with E-state index in [0.717, 1.165) is 10.0 Å². The van der Waals surface area contributed by atoms with Crippen molar-refractivity contribution in [2.75, 3.05) is 7.11 Å². The van der Waals surface area contributed by atoms with E-state index in [4.69, 9.17) is 4.74 Å². The first kappa shape index (κ1) is 14.7. The highest BCUT2D eigenvalue weighted by Gasteiger charge is 2.21. The number of aromatic hydroxyl groups is 1. The van der Waals surface area contributed by atoms with E-state index in [1.807, 2.05) is 13.8 Å². The molecule has 98 valence electrons. The average molecular weight is 314 g/mol. The summed E-state index contributed by atoms with van der Waals surface area (Å²) in [6, 6.07) is 4.43. The molecule has 0 amide bonds. The van der Waals surface area contributed by atoms with Crippen LogP contribution in [0.2, 0.25) is 0 Å². The summed E-state index contributed by atoms with van der Waals surface area (Å²) in [5, 5.41) is 9.44. The van der Waals surface area contributed by atoms with Gasteiger partial charge in [-0.05, 0) is 29.7 Å². The lowest BCUT2D eigenvalue weighted by atomic mass is 10.1. The van der Waals surface area contributed by atoms with Crippen molar-refractivity contribution in [1.29, 1.82) is 0 Å². The molecule has 1 N–H and O–H groups in total. The molecule has 0 aromatic heterocycles. The van der Waals surface area contributed by atoms with Gasteiger partial charge in [0.15, 0.2) is 0 Å². The normalized spacial score (nSPS) is 12.9. The van der Waals surface area contributed by atoms with Crippen LogP contribution in [0.4, 0.5) is 0 Å². The molecule has 0 aliphatic rings. The number of esters is 1. The number of ether oxygens (including phenoxy) is 1. The number of halogens is 1. The van der Waals surface area contributed by atoms with Gasteiger partial charge in [-0.15, -0.1) is 0 Å². The first-order chi connectivity index (χ1) is 8.43. The molecular weight excluding hydrogens is 298 g/mol. The zero-order valence-electron chi connectivity index (χ0n) is 10.6. The Kier molecular flexibility index (Phi) is 5.34. The molecule has 1 unspecified atom stereocenters. The van der Waals surface area contributed by atoms with Crippen LogP contribution >= 0.6 is 15.9 Å². The van der Waals surface area contributed by atoms with Crippen molar-refractivity contribution >= 4 is 28.1 Å². The fourth-order valence-corrected chi connectivity index (χ4v) is 1.96. The standard InChI is InChI=1S/C13H16BrNO3/c1-8(2)12(13(17)18-3)15-7-9-4-10(14)6-11(16)5-9/h4-8,12,16H,1-3H3. The maximum absolute atomic E-state index is 11.5. The van der Waals surface area contributed by atoms with Crippen LogP contribution in [0.25, 0.3) is 0 Å². The van der Waals surface area contributed by atoms with Crippen LogP contribution in [0.3, 0.4) is 0 Å². The lowest BCUT2D eigenvalue weighted by molar-refractivity contribution is -0.143. The average Bonchev–Trinajstić information content (AvgIpc) is 2.27. The Hall–Kier alpha value is -1.36. The van der Waals surface area contributed by atoms with Crippen LogP contribution in [0.1, 0.15) is 19.4 Å². The third kappa shape index (κ3) is 4.14. The molecule has 0 radical (unpaired) electrons. The van der Waals surface area contributed by atoms with E-state index in [-0.39, 0.29) is 17.6 Å². The Morgan fingerprint density at radius 2 is 2.11 bits per heavy atom. The van der Waals surface area contributed by atoms with Crippen molar-refractivity contribution in [2.45, 2.75) is 19.9 Å². The number of rotatable bonds is 4. The summed E-state index contributed by atoms with van der Waals surface area (Å²) in [6.45, 7) is 3.80. The fraction of sp³-hybridized carbons (Fsp3) is 0.385. The van der Waals surface area contributed by atoms with Crippen molar-refractivity contribution in [1.82, 2.24) is 0 Å². The van der Waals surface area contributed by atoms with Gasteiger partial charge in [0.1, 0.15) is 11.8 Å². The molecular formula is C13H16BrNO3. The van der Waals surface area contributed by atoms with Gasteiger partial charge in [0, 0.05) is 10.7 Å². The van der Waals surface area contributed by atoms with E-state index in [1.54, 1.807) is 24.4 Å². The molecule has 0 aliphatic heterocycles. The van der Waals surface area contributed by atoms with Crippen molar-refractivity contribution in [2.24, 2.45) is 10.9 Å². The lowest BCUT2D eigenvalue weighted by Crippen LogP contribution is -2.25. The van der Waals surface area contributed by atoms with E-state index in [0.29, 0.717) is 0 Å². The number of benzene rings is 1. The highest BCUT2D eigenvalue weighted by Crippen LogP contribution is 2.19. The van der Waals surface area contributed by atoms with Crippen LogP contribution in [0.15, 0.2) is 27.7 Å². The van der Waals surface area contributed by atoms with Gasteiger partial charge < -0.3 is 9.84 Å². The van der Waals surface area contributed by atoms with Crippen LogP contribution < -0.4 is 0 Å². The summed E-state index contributed by atoms with van der Waals surface area (Å²) < 4.78 is 5.45. The summed E-state index contributed by atoms with van der Waals surface area (Å²) in [7, 11) is 1.35. The summed E-state index contributed by atoms with van der Waals surface area (Å²) in [4.78, 5) is 15.7. The van der Waals surface area contributed by atoms with Crippen molar-refractivity contribution in [3.8, 4) is 5.75 Å². The van der Waals surface area contributed by atoms with Gasteiger partial charge in [0.2, 0.25) is 0 Å². The molecule has 1 rings (SSSR count). The van der Waals surface area contributed by atoms with Gasteiger partial charge >= 0.3 is 5.97 Å². The second kappa shape index (κ2) is 6.54. The van der Waals surface area contributed by atoms with Gasteiger partial charge in [-0.3, -0.25) is 4.99 Å². The van der Waals surface area contributed by atoms with Crippen molar-refractivity contribution in [3.05, 3.63) is 28.2 Å². The first-order valence-electron chi connectivity index (χ1n) is 5.54. The Balaban J connectivity index is 2.92. The molecule has 0 heterocycles. The summed E-state index contributed by atoms with van der Waals surface area (Å²) in [5.41, 5.74) is 0.719. The molecule has 0 bridgehead atoms. The number of aliphatic imine (C=N–C) groups is 1. The zero-order valence-corrected chi connectivity index (χ0v) is 12.1. The maximum atomic E-state index is 11.5. The molecule has 0 saturated carbocycles. The Morgan fingerprint density at radius 1 is 1.44 bits per heavy atom. The summed E-state index contributed by atoms with van der Waals surface area (Å²) in [6.07, 6.45) is 1.56. The van der Waals surface area contributed by atoms with Crippen LogP contribution in [0, 0.1) is 5.92 Å². The Labute approximate surface area is 115 Å². The van der Waals surface area contributed by atoms with E-state index in [9.17, 15) is 9.90 Å². The number of nitrogens with zero attached hydrogens (tertiary/aromatic N) is 1. The Bertz CT molecular complexity index is 437. The van der Waals surface area contributed by atoms with Gasteiger partial charge in [-0.2, -0.15) is 0 Å². The van der Waals surface area contributed by atoms with Gasteiger partial charge in [0.25, 0.3) is 0 Å². The van der Waals surface area contributed by atoms with Crippen molar-refractivity contribution < 1.29 is 14.6 Å². The quantitative estimate of drug-likeness (QED) is 0.687. The van der Waals surface area contributed by atoms with Crippen LogP contribution in [-0.2, 0) is 9.53 Å². The number of carbonyl (C=O) groups is 1. The van der Waals surface area contributed by atoms with Gasteiger partial charge in [-0.25, -0.2) is 4.79 Å². The highest BCUT2D eigenvalue weighted by atomic mass is 79.9. The Morgan fingerprint density at radius 3 is 2.61 bits per heavy atom. The third-order valence-corrected chi connectivity index (χ3v) is 2.82. The SMILES string of the molecule is COC(=O)C(N=Cc1cc(O)cc(Br)c1)C(C)C. The molecule has 5 heteroatoms. The maximum Gasteiger partial charge on any atom is 0.330 e.